The molecule has 0 radical (unpaired) electrons. The summed E-state index contributed by atoms with van der Waals surface area (Å²) in [6.45, 7) is 17.6. The maximum atomic E-state index is 4.30. The molecule has 2 saturated heterocycles. The van der Waals surface area contributed by atoms with Crippen molar-refractivity contribution < 1.29 is 0 Å². The lowest BCUT2D eigenvalue weighted by molar-refractivity contribution is -0.0164. The summed E-state index contributed by atoms with van der Waals surface area (Å²) < 4.78 is 3.49. The fourth-order valence-electron chi connectivity index (χ4n) is 5.07. The van der Waals surface area contributed by atoms with Crippen LogP contribution in [0, 0.1) is 0 Å². The SMILES string of the molecule is C=C(CCC1CCCCN1C(C)C(C)(C)N1CCCCC1)NSCC/C=C/C=C\C=C/C. The van der Waals surface area contributed by atoms with E-state index in [9.17, 15) is 0 Å². The molecule has 2 aliphatic heterocycles. The number of nitrogens with one attached hydrogen (secondary N) is 1. The highest BCUT2D eigenvalue weighted by molar-refractivity contribution is 7.97. The topological polar surface area (TPSA) is 18.5 Å². The molecule has 2 fully saturated rings. The van der Waals surface area contributed by atoms with Gasteiger partial charge in [-0.3, -0.25) is 9.80 Å². The average Bonchev–Trinajstić information content (AvgIpc) is 2.82. The largest absolute Gasteiger partial charge is 0.334 e. The number of hydrogen-bond donors (Lipinski definition) is 1. The van der Waals surface area contributed by atoms with Gasteiger partial charge in [-0.1, -0.05) is 67.8 Å². The predicted molar refractivity (Wildman–Crippen MR) is 145 cm³/mol. The Balaban J connectivity index is 1.73. The molecule has 32 heavy (non-hydrogen) atoms. The molecule has 0 aromatic rings. The Bertz CT molecular complexity index is 616. The minimum absolute atomic E-state index is 0.247. The van der Waals surface area contributed by atoms with Crippen LogP contribution in [-0.4, -0.2) is 52.8 Å². The summed E-state index contributed by atoms with van der Waals surface area (Å²) in [5.74, 6) is 1.07. The molecule has 0 aromatic carbocycles. The molecule has 0 bridgehead atoms. The van der Waals surface area contributed by atoms with E-state index in [-0.39, 0.29) is 5.54 Å². The van der Waals surface area contributed by atoms with Crippen LogP contribution in [0.4, 0.5) is 0 Å². The minimum Gasteiger partial charge on any atom is -0.334 e. The van der Waals surface area contributed by atoms with E-state index < -0.39 is 0 Å². The van der Waals surface area contributed by atoms with Crippen molar-refractivity contribution in [1.82, 2.24) is 14.5 Å². The van der Waals surface area contributed by atoms with E-state index in [0.29, 0.717) is 12.1 Å². The lowest BCUT2D eigenvalue weighted by Crippen LogP contribution is -2.61. The molecular formula is C28H49N3S. The monoisotopic (exact) mass is 459 g/mol. The van der Waals surface area contributed by atoms with Gasteiger partial charge in [0.1, 0.15) is 0 Å². The molecule has 0 aromatic heterocycles. The maximum Gasteiger partial charge on any atom is 0.0305 e. The average molecular weight is 460 g/mol. The van der Waals surface area contributed by atoms with E-state index in [1.165, 1.54) is 70.3 Å². The Hall–Kier alpha value is -0.970. The molecule has 2 rings (SSSR count). The maximum absolute atomic E-state index is 4.30. The Morgan fingerprint density at radius 1 is 1.06 bits per heavy atom. The van der Waals surface area contributed by atoms with Crippen molar-refractivity contribution in [2.24, 2.45) is 0 Å². The van der Waals surface area contributed by atoms with Crippen LogP contribution < -0.4 is 4.72 Å². The number of piperidine rings is 2. The van der Waals surface area contributed by atoms with Gasteiger partial charge >= 0.3 is 0 Å². The standard InChI is InChI=1S/C28H49N3S/c1-6-7-8-9-10-11-17-24-32-29-25(2)19-20-27-18-13-16-23-31(27)26(3)28(4,5)30-21-14-12-15-22-30/h6-11,26-27,29H,2,12-24H2,1,3-5H3/b7-6-,9-8-,11-10+. The molecule has 4 heteroatoms. The normalized spacial score (nSPS) is 22.8. The van der Waals surface area contributed by atoms with E-state index in [1.54, 1.807) is 11.9 Å². The molecular weight excluding hydrogens is 410 g/mol. The predicted octanol–water partition coefficient (Wildman–Crippen LogP) is 7.10. The van der Waals surface area contributed by atoms with Crippen LogP contribution in [-0.2, 0) is 0 Å². The van der Waals surface area contributed by atoms with Gasteiger partial charge in [-0.15, -0.1) is 0 Å². The highest BCUT2D eigenvalue weighted by atomic mass is 32.2. The van der Waals surface area contributed by atoms with Crippen molar-refractivity contribution in [2.75, 3.05) is 25.4 Å². The lowest BCUT2D eigenvalue weighted by Gasteiger charge is -2.51. The van der Waals surface area contributed by atoms with Gasteiger partial charge in [-0.05, 0) is 92.3 Å². The van der Waals surface area contributed by atoms with Crippen LogP contribution in [0.2, 0.25) is 0 Å². The second kappa shape index (κ2) is 15.0. The summed E-state index contributed by atoms with van der Waals surface area (Å²) in [5.41, 5.74) is 1.43. The van der Waals surface area contributed by atoms with Crippen LogP contribution in [0.15, 0.2) is 48.7 Å². The van der Waals surface area contributed by atoms with Crippen LogP contribution in [0.1, 0.15) is 85.5 Å². The second-order valence-electron chi connectivity index (χ2n) is 9.99. The lowest BCUT2D eigenvalue weighted by atomic mass is 9.86. The van der Waals surface area contributed by atoms with Gasteiger partial charge in [-0.2, -0.15) is 0 Å². The van der Waals surface area contributed by atoms with Gasteiger partial charge in [0.15, 0.2) is 0 Å². The second-order valence-corrected chi connectivity index (χ2v) is 10.9. The van der Waals surface area contributed by atoms with Gasteiger partial charge < -0.3 is 4.72 Å². The molecule has 2 atom stereocenters. The first kappa shape index (κ1) is 27.3. The first-order chi connectivity index (χ1) is 15.5. The zero-order valence-corrected chi connectivity index (χ0v) is 22.1. The van der Waals surface area contributed by atoms with Crippen molar-refractivity contribution in [3.05, 3.63) is 48.7 Å². The van der Waals surface area contributed by atoms with Gasteiger partial charge in [0, 0.05) is 29.1 Å². The number of nitrogens with zero attached hydrogens (tertiary/aromatic N) is 2. The summed E-state index contributed by atoms with van der Waals surface area (Å²) in [7, 11) is 0. The summed E-state index contributed by atoms with van der Waals surface area (Å²) in [6, 6.07) is 1.29. The van der Waals surface area contributed by atoms with Crippen LogP contribution >= 0.6 is 11.9 Å². The van der Waals surface area contributed by atoms with Crippen molar-refractivity contribution in [1.29, 1.82) is 0 Å². The third kappa shape index (κ3) is 9.11. The molecule has 1 N–H and O–H groups in total. The summed E-state index contributed by atoms with van der Waals surface area (Å²) in [5, 5.41) is 0. The summed E-state index contributed by atoms with van der Waals surface area (Å²) in [4.78, 5) is 5.60. The molecule has 2 heterocycles. The van der Waals surface area contributed by atoms with E-state index in [1.807, 2.05) is 19.1 Å². The minimum atomic E-state index is 0.247. The number of likely N-dealkylation sites (tertiary alicyclic amines) is 2. The van der Waals surface area contributed by atoms with Crippen molar-refractivity contribution in [2.45, 2.75) is 103 Å². The van der Waals surface area contributed by atoms with Crippen LogP contribution in [0.3, 0.4) is 0 Å². The summed E-state index contributed by atoms with van der Waals surface area (Å²) >= 11 is 1.79. The number of rotatable bonds is 13. The van der Waals surface area contributed by atoms with Crippen LogP contribution in [0.25, 0.3) is 0 Å². The molecule has 0 amide bonds. The smallest absolute Gasteiger partial charge is 0.0305 e. The van der Waals surface area contributed by atoms with E-state index in [2.05, 4.69) is 66.2 Å². The molecule has 2 unspecified atom stereocenters. The fourth-order valence-corrected chi connectivity index (χ4v) is 5.73. The molecule has 0 aliphatic carbocycles. The van der Waals surface area contributed by atoms with Crippen LogP contribution in [0.5, 0.6) is 0 Å². The van der Waals surface area contributed by atoms with Crippen molar-refractivity contribution >= 4 is 11.9 Å². The highest BCUT2D eigenvalue weighted by Crippen LogP contribution is 2.32. The fraction of sp³-hybridized carbons (Fsp3) is 0.714. The van der Waals surface area contributed by atoms with E-state index >= 15 is 0 Å². The zero-order chi connectivity index (χ0) is 23.2. The van der Waals surface area contributed by atoms with Gasteiger partial charge in [-0.25, -0.2) is 0 Å². The summed E-state index contributed by atoms with van der Waals surface area (Å²) in [6.07, 6.45) is 24.2. The van der Waals surface area contributed by atoms with E-state index in [4.69, 9.17) is 0 Å². The zero-order valence-electron chi connectivity index (χ0n) is 21.3. The first-order valence-corrected chi connectivity index (χ1v) is 14.0. The third-order valence-corrected chi connectivity index (χ3v) is 8.28. The Labute approximate surface area is 203 Å². The quantitative estimate of drug-likeness (QED) is 0.180. The highest BCUT2D eigenvalue weighted by Gasteiger charge is 2.39. The van der Waals surface area contributed by atoms with Gasteiger partial charge in [0.05, 0.1) is 0 Å². The van der Waals surface area contributed by atoms with Gasteiger partial charge in [0.25, 0.3) is 0 Å². The Morgan fingerprint density at radius 3 is 2.53 bits per heavy atom. The third-order valence-electron chi connectivity index (χ3n) is 7.41. The molecule has 3 nitrogen and oxygen atoms in total. The molecule has 182 valence electrons. The molecule has 2 aliphatic rings. The van der Waals surface area contributed by atoms with Crippen molar-refractivity contribution in [3.63, 3.8) is 0 Å². The Kier molecular flexibility index (Phi) is 12.8. The first-order valence-electron chi connectivity index (χ1n) is 13.0. The van der Waals surface area contributed by atoms with E-state index in [0.717, 1.165) is 18.6 Å². The Morgan fingerprint density at radius 2 is 1.78 bits per heavy atom. The number of hydrogen-bond acceptors (Lipinski definition) is 4. The molecule has 0 saturated carbocycles. The molecule has 0 spiro atoms. The van der Waals surface area contributed by atoms with Crippen molar-refractivity contribution in [3.8, 4) is 0 Å². The van der Waals surface area contributed by atoms with Gasteiger partial charge in [0.2, 0.25) is 0 Å². The number of allylic oxidation sites excluding steroid dienone is 7.